The lowest BCUT2D eigenvalue weighted by Crippen LogP contribution is -2.34. The first-order valence-electron chi connectivity index (χ1n) is 11.3. The van der Waals surface area contributed by atoms with Crippen molar-refractivity contribution in [1.82, 2.24) is 4.31 Å². The van der Waals surface area contributed by atoms with E-state index in [1.54, 1.807) is 43.3 Å². The average molecular weight is 500 g/mol. The quantitative estimate of drug-likeness (QED) is 0.327. The molecule has 0 aliphatic rings. The molecule has 1 N–H and O–H groups in total. The fraction of sp³-hybridized carbons (Fsp3) is 0.296. The lowest BCUT2D eigenvalue weighted by atomic mass is 10.0. The van der Waals surface area contributed by atoms with Crippen molar-refractivity contribution in [3.05, 3.63) is 101 Å². The Labute approximate surface area is 207 Å². The Morgan fingerprint density at radius 2 is 1.59 bits per heavy atom. The maximum atomic E-state index is 13.8. The summed E-state index contributed by atoms with van der Waals surface area (Å²) in [6, 6.07) is 22.4. The molecule has 0 saturated carbocycles. The van der Waals surface area contributed by atoms with Crippen LogP contribution in [0.3, 0.4) is 0 Å². The SMILES string of the molecule is CCC(c1ccccc1)N(Cc1ccc(C(=O)CC[C@@H](C)O)cc1)S(=O)(=O)c1ccc(Cl)cc1. The molecule has 0 amide bonds. The van der Waals surface area contributed by atoms with E-state index >= 15 is 0 Å². The van der Waals surface area contributed by atoms with Crippen molar-refractivity contribution in [3.63, 3.8) is 0 Å². The molecule has 2 atom stereocenters. The lowest BCUT2D eigenvalue weighted by Gasteiger charge is -2.31. The Balaban J connectivity index is 1.94. The summed E-state index contributed by atoms with van der Waals surface area (Å²) >= 11 is 5.99. The number of carbonyl (C=O) groups excluding carboxylic acids is 1. The molecule has 0 aromatic heterocycles. The third-order valence-corrected chi connectivity index (χ3v) is 7.86. The van der Waals surface area contributed by atoms with E-state index in [1.165, 1.54) is 16.4 Å². The topological polar surface area (TPSA) is 74.7 Å². The van der Waals surface area contributed by atoms with Crippen molar-refractivity contribution in [2.45, 2.75) is 56.7 Å². The summed E-state index contributed by atoms with van der Waals surface area (Å²) < 4.78 is 29.0. The summed E-state index contributed by atoms with van der Waals surface area (Å²) in [5.74, 6) is -0.0474. The molecule has 180 valence electrons. The van der Waals surface area contributed by atoms with E-state index in [2.05, 4.69) is 0 Å². The van der Waals surface area contributed by atoms with Gasteiger partial charge in [0.1, 0.15) is 0 Å². The number of Topliss-reactive ketones (excluding diaryl/α,β-unsaturated/α-hetero) is 1. The molecule has 0 heterocycles. The Bertz CT molecular complexity index is 1180. The molecule has 0 aliphatic heterocycles. The van der Waals surface area contributed by atoms with Crippen LogP contribution in [0.5, 0.6) is 0 Å². The highest BCUT2D eigenvalue weighted by molar-refractivity contribution is 7.89. The number of aliphatic hydroxyl groups excluding tert-OH is 1. The average Bonchev–Trinajstić information content (AvgIpc) is 2.83. The number of hydrogen-bond acceptors (Lipinski definition) is 4. The van der Waals surface area contributed by atoms with Gasteiger partial charge in [-0.25, -0.2) is 8.42 Å². The zero-order chi connectivity index (χ0) is 24.7. The summed E-state index contributed by atoms with van der Waals surface area (Å²) in [4.78, 5) is 12.5. The van der Waals surface area contributed by atoms with E-state index < -0.39 is 16.1 Å². The van der Waals surface area contributed by atoms with Crippen LogP contribution in [0.1, 0.15) is 60.6 Å². The summed E-state index contributed by atoms with van der Waals surface area (Å²) in [5, 5.41) is 9.89. The Morgan fingerprint density at radius 1 is 0.971 bits per heavy atom. The van der Waals surface area contributed by atoms with Crippen molar-refractivity contribution in [3.8, 4) is 0 Å². The third-order valence-electron chi connectivity index (χ3n) is 5.74. The van der Waals surface area contributed by atoms with Gasteiger partial charge >= 0.3 is 0 Å². The molecule has 1 unspecified atom stereocenters. The molecular formula is C27H30ClNO4S. The standard InChI is InChI=1S/C27H30ClNO4S/c1-3-26(22-7-5-4-6-8-22)29(34(32,33)25-16-14-24(28)15-17-25)19-21-10-12-23(13-11-21)27(31)18-9-20(2)30/h4-8,10-17,20,26,30H,3,9,18-19H2,1-2H3/t20-,26?/m1/s1. The van der Waals surface area contributed by atoms with Crippen LogP contribution in [0.25, 0.3) is 0 Å². The van der Waals surface area contributed by atoms with E-state index in [0.717, 1.165) is 11.1 Å². The number of benzene rings is 3. The minimum atomic E-state index is -3.84. The molecule has 0 aliphatic carbocycles. The molecule has 5 nitrogen and oxygen atoms in total. The first kappa shape index (κ1) is 26.1. The van der Waals surface area contributed by atoms with Crippen molar-refractivity contribution < 1.29 is 18.3 Å². The zero-order valence-electron chi connectivity index (χ0n) is 19.4. The van der Waals surface area contributed by atoms with Gasteiger partial charge in [-0.2, -0.15) is 4.31 Å². The summed E-state index contributed by atoms with van der Waals surface area (Å²) in [5.41, 5.74) is 2.23. The second kappa shape index (κ2) is 11.8. The van der Waals surface area contributed by atoms with Crippen molar-refractivity contribution >= 4 is 27.4 Å². The molecule has 7 heteroatoms. The second-order valence-corrected chi connectivity index (χ2v) is 10.7. The maximum absolute atomic E-state index is 13.8. The fourth-order valence-corrected chi connectivity index (χ4v) is 5.65. The maximum Gasteiger partial charge on any atom is 0.243 e. The lowest BCUT2D eigenvalue weighted by molar-refractivity contribution is 0.0949. The Kier molecular flexibility index (Phi) is 9.03. The third kappa shape index (κ3) is 6.54. The first-order valence-corrected chi connectivity index (χ1v) is 13.2. The zero-order valence-corrected chi connectivity index (χ0v) is 21.0. The molecule has 0 bridgehead atoms. The van der Waals surface area contributed by atoms with Gasteiger partial charge in [-0.3, -0.25) is 4.79 Å². The summed E-state index contributed by atoms with van der Waals surface area (Å²) in [6.07, 6.45) is 0.731. The fourth-order valence-electron chi connectivity index (χ4n) is 3.85. The molecule has 0 radical (unpaired) electrons. The predicted molar refractivity (Wildman–Crippen MR) is 135 cm³/mol. The van der Waals surface area contributed by atoms with Crippen LogP contribution in [0.2, 0.25) is 5.02 Å². The normalized spacial score (nSPS) is 13.6. The van der Waals surface area contributed by atoms with Gasteiger partial charge in [0, 0.05) is 23.6 Å². The van der Waals surface area contributed by atoms with Gasteiger partial charge in [-0.1, -0.05) is 73.1 Å². The number of sulfonamides is 1. The first-order chi connectivity index (χ1) is 16.2. The Hall–Kier alpha value is -2.51. The molecule has 34 heavy (non-hydrogen) atoms. The van der Waals surface area contributed by atoms with Crippen molar-refractivity contribution in [2.24, 2.45) is 0 Å². The largest absolute Gasteiger partial charge is 0.393 e. The highest BCUT2D eigenvalue weighted by Gasteiger charge is 2.31. The van der Waals surface area contributed by atoms with Gasteiger partial charge in [-0.15, -0.1) is 0 Å². The van der Waals surface area contributed by atoms with Gasteiger partial charge in [0.15, 0.2) is 5.78 Å². The van der Waals surface area contributed by atoms with E-state index in [4.69, 9.17) is 11.6 Å². The van der Waals surface area contributed by atoms with Crippen LogP contribution < -0.4 is 0 Å². The number of nitrogens with zero attached hydrogens (tertiary/aromatic N) is 1. The minimum absolute atomic E-state index is 0.0474. The van der Waals surface area contributed by atoms with E-state index in [9.17, 15) is 18.3 Å². The van der Waals surface area contributed by atoms with Crippen LogP contribution in [0.4, 0.5) is 0 Å². The van der Waals surface area contributed by atoms with Gasteiger partial charge in [-0.05, 0) is 55.2 Å². The monoisotopic (exact) mass is 499 g/mol. The molecular weight excluding hydrogens is 470 g/mol. The minimum Gasteiger partial charge on any atom is -0.393 e. The van der Waals surface area contributed by atoms with Crippen LogP contribution >= 0.6 is 11.6 Å². The smallest absolute Gasteiger partial charge is 0.243 e. The molecule has 3 rings (SSSR count). The molecule has 0 fully saturated rings. The van der Waals surface area contributed by atoms with Crippen LogP contribution in [-0.2, 0) is 16.6 Å². The predicted octanol–water partition coefficient (Wildman–Crippen LogP) is 6.03. The number of rotatable bonds is 11. The molecule has 3 aromatic rings. The molecule has 0 spiro atoms. The highest BCUT2D eigenvalue weighted by Crippen LogP contribution is 2.32. The summed E-state index contributed by atoms with van der Waals surface area (Å²) in [7, 11) is -3.84. The highest BCUT2D eigenvalue weighted by atomic mass is 35.5. The summed E-state index contributed by atoms with van der Waals surface area (Å²) in [6.45, 7) is 3.77. The second-order valence-electron chi connectivity index (χ2n) is 8.35. The number of hydrogen-bond donors (Lipinski definition) is 1. The molecule has 0 saturated heterocycles. The van der Waals surface area contributed by atoms with Gasteiger partial charge in [0.2, 0.25) is 10.0 Å². The van der Waals surface area contributed by atoms with Crippen LogP contribution in [0, 0.1) is 0 Å². The van der Waals surface area contributed by atoms with Crippen LogP contribution in [0.15, 0.2) is 83.8 Å². The number of carbonyl (C=O) groups is 1. The van der Waals surface area contributed by atoms with Crippen LogP contribution in [-0.4, -0.2) is 29.7 Å². The Morgan fingerprint density at radius 3 is 2.15 bits per heavy atom. The van der Waals surface area contributed by atoms with E-state index in [1.807, 2.05) is 37.3 Å². The van der Waals surface area contributed by atoms with Crippen molar-refractivity contribution in [2.75, 3.05) is 0 Å². The number of halogens is 1. The number of aliphatic hydroxyl groups is 1. The van der Waals surface area contributed by atoms with E-state index in [0.29, 0.717) is 23.4 Å². The van der Waals surface area contributed by atoms with Gasteiger partial charge in [0.05, 0.1) is 17.0 Å². The van der Waals surface area contributed by atoms with Crippen molar-refractivity contribution in [1.29, 1.82) is 0 Å². The van der Waals surface area contributed by atoms with E-state index in [-0.39, 0.29) is 29.7 Å². The molecule has 3 aromatic carbocycles. The number of ketones is 1. The van der Waals surface area contributed by atoms with Gasteiger partial charge < -0.3 is 5.11 Å². The van der Waals surface area contributed by atoms with Gasteiger partial charge in [0.25, 0.3) is 0 Å².